The van der Waals surface area contributed by atoms with Crippen LogP contribution in [0.5, 0.6) is 5.75 Å². The number of ether oxygens (including phenoxy) is 1. The predicted octanol–water partition coefficient (Wildman–Crippen LogP) is 3.49. The third-order valence-electron chi connectivity index (χ3n) is 2.07. The van der Waals surface area contributed by atoms with E-state index in [1.165, 1.54) is 5.56 Å². The maximum absolute atomic E-state index is 5.72. The molecule has 2 rings (SSSR count). The monoisotopic (exact) mass is 333 g/mol. The van der Waals surface area contributed by atoms with E-state index in [0.29, 0.717) is 6.61 Å². The molecule has 0 saturated heterocycles. The molecule has 0 amide bonds. The van der Waals surface area contributed by atoms with Crippen LogP contribution in [0.25, 0.3) is 0 Å². The number of hydrogen-bond acceptors (Lipinski definition) is 1. The van der Waals surface area contributed by atoms with Crippen molar-refractivity contribution in [1.82, 2.24) is 0 Å². The molecule has 77 valence electrons. The fraction of sp³-hybridized carbons (Fsp3) is 0.0769. The molecule has 0 heterocycles. The van der Waals surface area contributed by atoms with E-state index in [9.17, 15) is 0 Å². The second-order valence-corrected chi connectivity index (χ2v) is 4.37. The van der Waals surface area contributed by atoms with Crippen LogP contribution in [-0.4, -0.2) is 29.6 Å². The fourth-order valence-electron chi connectivity index (χ4n) is 1.30. The van der Waals surface area contributed by atoms with Gasteiger partial charge in [0.25, 0.3) is 0 Å². The van der Waals surface area contributed by atoms with Crippen molar-refractivity contribution in [2.45, 2.75) is 6.61 Å². The molecule has 2 aromatic rings. The largest absolute Gasteiger partial charge is 0.488 e. The summed E-state index contributed by atoms with van der Waals surface area (Å²) in [6.45, 7) is 0.626. The van der Waals surface area contributed by atoms with Crippen molar-refractivity contribution in [2.75, 3.05) is 0 Å². The Bertz CT molecular complexity index is 431. The topological polar surface area (TPSA) is 9.23 Å². The molecular formula is C13H11INaO. The number of para-hydroxylation sites is 1. The Labute approximate surface area is 132 Å². The number of benzene rings is 2. The molecule has 16 heavy (non-hydrogen) atoms. The van der Waals surface area contributed by atoms with E-state index in [0.717, 1.165) is 9.32 Å². The molecule has 3 heteroatoms. The summed E-state index contributed by atoms with van der Waals surface area (Å²) in [5, 5.41) is 0. The van der Waals surface area contributed by atoms with Crippen LogP contribution in [0.4, 0.5) is 0 Å². The second-order valence-electron chi connectivity index (χ2n) is 3.20. The Balaban J connectivity index is 0.00000128. The van der Waals surface area contributed by atoms with Crippen LogP contribution in [0.2, 0.25) is 0 Å². The van der Waals surface area contributed by atoms with Gasteiger partial charge in [0.15, 0.2) is 0 Å². The molecule has 1 radical (unpaired) electrons. The van der Waals surface area contributed by atoms with Gasteiger partial charge in [-0.05, 0) is 40.3 Å². The number of halogens is 1. The third-order valence-corrected chi connectivity index (χ3v) is 2.97. The molecule has 0 fully saturated rings. The van der Waals surface area contributed by atoms with Crippen LogP contribution in [0.1, 0.15) is 5.56 Å². The third kappa shape index (κ3) is 4.09. The molecule has 0 bridgehead atoms. The van der Waals surface area contributed by atoms with E-state index in [1.807, 2.05) is 42.5 Å². The molecule has 0 unspecified atom stereocenters. The predicted molar refractivity (Wildman–Crippen MR) is 75.7 cm³/mol. The van der Waals surface area contributed by atoms with E-state index in [-0.39, 0.29) is 29.6 Å². The van der Waals surface area contributed by atoms with Crippen LogP contribution in [0.3, 0.4) is 0 Å². The summed E-state index contributed by atoms with van der Waals surface area (Å²) in [4.78, 5) is 0. The van der Waals surface area contributed by atoms with Crippen LogP contribution >= 0.6 is 22.6 Å². The minimum absolute atomic E-state index is 0. The first-order valence-electron chi connectivity index (χ1n) is 4.77. The van der Waals surface area contributed by atoms with Crippen LogP contribution in [-0.2, 0) is 6.61 Å². The zero-order valence-corrected chi connectivity index (χ0v) is 13.3. The van der Waals surface area contributed by atoms with E-state index < -0.39 is 0 Å². The van der Waals surface area contributed by atoms with E-state index in [4.69, 9.17) is 4.74 Å². The SMILES string of the molecule is Ic1ccccc1OCc1ccccc1.[Na]. The van der Waals surface area contributed by atoms with Gasteiger partial charge in [-0.25, -0.2) is 0 Å². The van der Waals surface area contributed by atoms with Crippen LogP contribution < -0.4 is 4.74 Å². The first kappa shape index (κ1) is 14.0. The van der Waals surface area contributed by atoms with Gasteiger partial charge < -0.3 is 4.74 Å². The quantitative estimate of drug-likeness (QED) is 0.617. The Kier molecular flexibility index (Phi) is 6.43. The first-order chi connectivity index (χ1) is 7.36. The van der Waals surface area contributed by atoms with Crippen molar-refractivity contribution in [1.29, 1.82) is 0 Å². The molecule has 0 aliphatic carbocycles. The van der Waals surface area contributed by atoms with Gasteiger partial charge in [-0.15, -0.1) is 0 Å². The molecule has 0 aliphatic heterocycles. The molecule has 0 spiro atoms. The van der Waals surface area contributed by atoms with Gasteiger partial charge in [0, 0.05) is 29.6 Å². The van der Waals surface area contributed by atoms with Gasteiger partial charge in [-0.2, -0.15) is 0 Å². The molecule has 0 aromatic heterocycles. The zero-order chi connectivity index (χ0) is 10.5. The zero-order valence-electron chi connectivity index (χ0n) is 9.19. The average Bonchev–Trinajstić information content (AvgIpc) is 2.29. The van der Waals surface area contributed by atoms with Crippen molar-refractivity contribution in [2.24, 2.45) is 0 Å². The van der Waals surface area contributed by atoms with Crippen molar-refractivity contribution in [3.63, 3.8) is 0 Å². The number of rotatable bonds is 3. The van der Waals surface area contributed by atoms with Crippen molar-refractivity contribution in [3.05, 3.63) is 63.7 Å². The smallest absolute Gasteiger partial charge is 0.133 e. The summed E-state index contributed by atoms with van der Waals surface area (Å²) in [5.41, 5.74) is 1.19. The Morgan fingerprint density at radius 2 is 1.50 bits per heavy atom. The number of hydrogen-bond donors (Lipinski definition) is 0. The van der Waals surface area contributed by atoms with E-state index >= 15 is 0 Å². The maximum Gasteiger partial charge on any atom is 0.133 e. The summed E-state index contributed by atoms with van der Waals surface area (Å²) in [6, 6.07) is 18.2. The van der Waals surface area contributed by atoms with E-state index in [2.05, 4.69) is 34.7 Å². The van der Waals surface area contributed by atoms with Crippen molar-refractivity contribution < 1.29 is 4.74 Å². The average molecular weight is 333 g/mol. The van der Waals surface area contributed by atoms with Gasteiger partial charge in [0.2, 0.25) is 0 Å². The Morgan fingerprint density at radius 3 is 2.19 bits per heavy atom. The van der Waals surface area contributed by atoms with Crippen molar-refractivity contribution >= 4 is 52.1 Å². The molecule has 2 aromatic carbocycles. The molecule has 1 nitrogen and oxygen atoms in total. The maximum atomic E-state index is 5.72. The second kappa shape index (κ2) is 7.33. The van der Waals surface area contributed by atoms with E-state index in [1.54, 1.807) is 0 Å². The Hall–Kier alpha value is -0.0300. The Morgan fingerprint density at radius 1 is 0.875 bits per heavy atom. The first-order valence-corrected chi connectivity index (χ1v) is 5.85. The standard InChI is InChI=1S/C13H11IO.Na/c14-12-8-4-5-9-13(12)15-10-11-6-2-1-3-7-11;/h1-9H,10H2;. The summed E-state index contributed by atoms with van der Waals surface area (Å²) >= 11 is 2.28. The molecule has 0 saturated carbocycles. The molecule has 0 aliphatic rings. The molecule has 0 N–H and O–H groups in total. The summed E-state index contributed by atoms with van der Waals surface area (Å²) in [5.74, 6) is 0.946. The fourth-order valence-corrected chi connectivity index (χ4v) is 1.84. The molecular weight excluding hydrogens is 322 g/mol. The van der Waals surface area contributed by atoms with Gasteiger partial charge >= 0.3 is 0 Å². The van der Waals surface area contributed by atoms with Crippen LogP contribution in [0, 0.1) is 3.57 Å². The van der Waals surface area contributed by atoms with Crippen LogP contribution in [0.15, 0.2) is 54.6 Å². The molecule has 0 atom stereocenters. The summed E-state index contributed by atoms with van der Waals surface area (Å²) in [7, 11) is 0. The van der Waals surface area contributed by atoms with Gasteiger partial charge in [0.05, 0.1) is 3.57 Å². The minimum Gasteiger partial charge on any atom is -0.488 e. The van der Waals surface area contributed by atoms with Gasteiger partial charge in [-0.1, -0.05) is 42.5 Å². The van der Waals surface area contributed by atoms with Gasteiger partial charge in [-0.3, -0.25) is 0 Å². The summed E-state index contributed by atoms with van der Waals surface area (Å²) in [6.07, 6.45) is 0. The normalized spacial score (nSPS) is 9.31. The van der Waals surface area contributed by atoms with Crippen molar-refractivity contribution in [3.8, 4) is 5.75 Å². The minimum atomic E-state index is 0. The summed E-state index contributed by atoms with van der Waals surface area (Å²) < 4.78 is 6.86. The van der Waals surface area contributed by atoms with Gasteiger partial charge in [0.1, 0.15) is 12.4 Å².